The Labute approximate surface area is 153 Å². The summed E-state index contributed by atoms with van der Waals surface area (Å²) >= 11 is 0. The molecule has 0 radical (unpaired) electrons. The summed E-state index contributed by atoms with van der Waals surface area (Å²) < 4.78 is 2.07. The highest BCUT2D eigenvalue weighted by Gasteiger charge is 2.30. The minimum absolute atomic E-state index is 0.375. The Morgan fingerprint density at radius 2 is 2.00 bits per heavy atom. The second-order valence-corrected chi connectivity index (χ2v) is 7.88. The minimum Gasteiger partial charge on any atom is -0.386 e. The van der Waals surface area contributed by atoms with Crippen molar-refractivity contribution in [2.45, 2.75) is 64.1 Å². The van der Waals surface area contributed by atoms with Crippen molar-refractivity contribution in [1.82, 2.24) is 19.7 Å². The molecule has 3 aliphatic rings. The van der Waals surface area contributed by atoms with Gasteiger partial charge in [0, 0.05) is 18.7 Å². The average Bonchev–Trinajstić information content (AvgIpc) is 3.14. The Morgan fingerprint density at radius 1 is 1.12 bits per heavy atom. The van der Waals surface area contributed by atoms with Gasteiger partial charge in [0.25, 0.3) is 0 Å². The number of aliphatic hydroxyl groups excluding tert-OH is 1. The van der Waals surface area contributed by atoms with Gasteiger partial charge in [0.2, 0.25) is 5.95 Å². The van der Waals surface area contributed by atoms with E-state index in [-0.39, 0.29) is 0 Å². The Bertz CT molecular complexity index is 828. The first-order chi connectivity index (χ1) is 12.7. The molecule has 2 aromatic rings. The third-order valence-electron chi connectivity index (χ3n) is 6.16. The Morgan fingerprint density at radius 3 is 2.81 bits per heavy atom. The van der Waals surface area contributed by atoms with Gasteiger partial charge < -0.3 is 15.7 Å². The lowest BCUT2D eigenvalue weighted by Gasteiger charge is -2.29. The lowest BCUT2D eigenvalue weighted by Crippen LogP contribution is -2.26. The van der Waals surface area contributed by atoms with Crippen LogP contribution in [0.3, 0.4) is 0 Å². The fourth-order valence-electron chi connectivity index (χ4n) is 4.50. The summed E-state index contributed by atoms with van der Waals surface area (Å²) in [4.78, 5) is 11.3. The molecule has 1 fully saturated rings. The van der Waals surface area contributed by atoms with Crippen molar-refractivity contribution < 1.29 is 5.11 Å². The maximum Gasteiger partial charge on any atom is 0.222 e. The highest BCUT2D eigenvalue weighted by atomic mass is 16.3. The van der Waals surface area contributed by atoms with Crippen LogP contribution in [-0.2, 0) is 25.9 Å². The Balaban J connectivity index is 1.45. The normalized spacial score (nSPS) is 21.0. The van der Waals surface area contributed by atoms with Gasteiger partial charge in [0.1, 0.15) is 11.9 Å². The van der Waals surface area contributed by atoms with E-state index in [1.165, 1.54) is 12.0 Å². The van der Waals surface area contributed by atoms with Crippen molar-refractivity contribution in [3.05, 3.63) is 28.7 Å². The standard InChI is InChI=1S/C19H26N6O/c20-19-21-15-7-2-6-14(15)18(22-19)24-8-3-9-25-13(11-24)10-16(23-25)17(26)12-4-1-5-12/h10,12,17,26H,1-9,11H2,(H2,20,21,22)/t17-/m0/s1. The summed E-state index contributed by atoms with van der Waals surface area (Å²) in [5.41, 5.74) is 10.3. The molecule has 0 unspecified atom stereocenters. The first-order valence-corrected chi connectivity index (χ1v) is 9.84. The number of hydrogen-bond donors (Lipinski definition) is 2. The molecule has 3 heterocycles. The molecular weight excluding hydrogens is 328 g/mol. The zero-order chi connectivity index (χ0) is 17.7. The van der Waals surface area contributed by atoms with Crippen molar-refractivity contribution in [2.24, 2.45) is 5.92 Å². The number of nitrogens with zero attached hydrogens (tertiary/aromatic N) is 5. The number of nitrogen functional groups attached to an aromatic ring is 1. The number of nitrogens with two attached hydrogens (primary N) is 1. The molecule has 3 N–H and O–H groups in total. The fourth-order valence-corrected chi connectivity index (χ4v) is 4.50. The highest BCUT2D eigenvalue weighted by molar-refractivity contribution is 5.54. The van der Waals surface area contributed by atoms with E-state index < -0.39 is 6.10 Å². The van der Waals surface area contributed by atoms with Gasteiger partial charge in [-0.15, -0.1) is 0 Å². The topological polar surface area (TPSA) is 93.1 Å². The van der Waals surface area contributed by atoms with Crippen LogP contribution in [0.15, 0.2) is 6.07 Å². The molecule has 7 heteroatoms. The van der Waals surface area contributed by atoms with Crippen molar-refractivity contribution in [2.75, 3.05) is 17.2 Å². The molecule has 5 rings (SSSR count). The molecule has 7 nitrogen and oxygen atoms in total. The summed E-state index contributed by atoms with van der Waals surface area (Å²) in [5, 5.41) is 15.3. The molecule has 2 aliphatic carbocycles. The fraction of sp³-hybridized carbons (Fsp3) is 0.632. The van der Waals surface area contributed by atoms with Crippen LogP contribution >= 0.6 is 0 Å². The van der Waals surface area contributed by atoms with Crippen LogP contribution in [-0.4, -0.2) is 31.4 Å². The number of fused-ring (bicyclic) bond motifs is 2. The van der Waals surface area contributed by atoms with E-state index in [0.29, 0.717) is 11.9 Å². The molecule has 0 aromatic carbocycles. The van der Waals surface area contributed by atoms with Crippen LogP contribution in [0.2, 0.25) is 0 Å². The molecule has 1 atom stereocenters. The first-order valence-electron chi connectivity index (χ1n) is 9.84. The SMILES string of the molecule is Nc1nc2c(c(N3CCCn4nc([C@@H](O)C5CCC5)cc4C3)n1)CCC2. The monoisotopic (exact) mass is 354 g/mol. The molecule has 1 saturated carbocycles. The summed E-state index contributed by atoms with van der Waals surface area (Å²) in [5.74, 6) is 1.76. The Hall–Kier alpha value is -2.15. The summed E-state index contributed by atoms with van der Waals surface area (Å²) in [6.45, 7) is 2.58. The van der Waals surface area contributed by atoms with Crippen molar-refractivity contribution in [3.63, 3.8) is 0 Å². The van der Waals surface area contributed by atoms with Crippen LogP contribution in [0.5, 0.6) is 0 Å². The van der Waals surface area contributed by atoms with Crippen LogP contribution in [0.25, 0.3) is 0 Å². The summed E-state index contributed by atoms with van der Waals surface area (Å²) in [6.07, 6.45) is 7.20. The van der Waals surface area contributed by atoms with E-state index in [1.54, 1.807) is 0 Å². The van der Waals surface area contributed by atoms with Gasteiger partial charge in [0.05, 0.1) is 23.6 Å². The molecule has 0 bridgehead atoms. The third kappa shape index (κ3) is 2.65. The lowest BCUT2D eigenvalue weighted by molar-refractivity contribution is 0.0581. The summed E-state index contributed by atoms with van der Waals surface area (Å²) in [7, 11) is 0. The van der Waals surface area contributed by atoms with Crippen molar-refractivity contribution in [3.8, 4) is 0 Å². The van der Waals surface area contributed by atoms with Gasteiger partial charge in [-0.3, -0.25) is 4.68 Å². The van der Waals surface area contributed by atoms with Crippen LogP contribution in [0.1, 0.15) is 60.9 Å². The van der Waals surface area contributed by atoms with Gasteiger partial charge in [-0.2, -0.15) is 10.1 Å². The highest BCUT2D eigenvalue weighted by Crippen LogP contribution is 2.38. The van der Waals surface area contributed by atoms with E-state index in [2.05, 4.69) is 25.6 Å². The van der Waals surface area contributed by atoms with Gasteiger partial charge in [-0.25, -0.2) is 4.98 Å². The average molecular weight is 354 g/mol. The second-order valence-electron chi connectivity index (χ2n) is 7.88. The largest absolute Gasteiger partial charge is 0.386 e. The van der Waals surface area contributed by atoms with Crippen LogP contribution in [0, 0.1) is 5.92 Å². The molecule has 1 aliphatic heterocycles. The second kappa shape index (κ2) is 6.23. The minimum atomic E-state index is -0.421. The van der Waals surface area contributed by atoms with E-state index in [1.807, 2.05) is 0 Å². The smallest absolute Gasteiger partial charge is 0.222 e. The van der Waals surface area contributed by atoms with Gasteiger partial charge in [-0.1, -0.05) is 6.42 Å². The number of aryl methyl sites for hydroxylation is 2. The maximum atomic E-state index is 10.6. The number of rotatable bonds is 3. The molecule has 0 saturated heterocycles. The van der Waals surface area contributed by atoms with E-state index in [9.17, 15) is 5.11 Å². The lowest BCUT2D eigenvalue weighted by atomic mass is 9.80. The molecule has 2 aromatic heterocycles. The third-order valence-corrected chi connectivity index (χ3v) is 6.16. The predicted octanol–water partition coefficient (Wildman–Crippen LogP) is 1.99. The van der Waals surface area contributed by atoms with Gasteiger partial charge >= 0.3 is 0 Å². The van der Waals surface area contributed by atoms with E-state index in [0.717, 1.165) is 81.1 Å². The quantitative estimate of drug-likeness (QED) is 0.875. The van der Waals surface area contributed by atoms with Crippen molar-refractivity contribution in [1.29, 1.82) is 0 Å². The zero-order valence-corrected chi connectivity index (χ0v) is 15.1. The molecule has 138 valence electrons. The number of aromatic nitrogens is 4. The predicted molar refractivity (Wildman–Crippen MR) is 98.7 cm³/mol. The zero-order valence-electron chi connectivity index (χ0n) is 15.1. The van der Waals surface area contributed by atoms with Gasteiger partial charge in [-0.05, 0) is 50.5 Å². The summed E-state index contributed by atoms with van der Waals surface area (Å²) in [6, 6.07) is 2.09. The van der Waals surface area contributed by atoms with E-state index >= 15 is 0 Å². The Kier molecular flexibility index (Phi) is 3.85. The molecule has 0 amide bonds. The molecular formula is C19H26N6O. The number of aliphatic hydroxyl groups is 1. The maximum absolute atomic E-state index is 10.6. The van der Waals surface area contributed by atoms with E-state index in [4.69, 9.17) is 10.8 Å². The van der Waals surface area contributed by atoms with Gasteiger partial charge in [0.15, 0.2) is 0 Å². The van der Waals surface area contributed by atoms with Crippen LogP contribution in [0.4, 0.5) is 11.8 Å². The molecule has 26 heavy (non-hydrogen) atoms. The van der Waals surface area contributed by atoms with Crippen molar-refractivity contribution >= 4 is 11.8 Å². The number of hydrogen-bond acceptors (Lipinski definition) is 6. The van der Waals surface area contributed by atoms with Crippen LogP contribution < -0.4 is 10.6 Å². The first kappa shape index (κ1) is 16.1. The number of anilines is 2. The molecule has 0 spiro atoms.